The van der Waals surface area contributed by atoms with Crippen molar-refractivity contribution in [1.29, 1.82) is 0 Å². The zero-order valence-electron chi connectivity index (χ0n) is 16.4. The van der Waals surface area contributed by atoms with Gasteiger partial charge in [-0.25, -0.2) is 0 Å². The summed E-state index contributed by atoms with van der Waals surface area (Å²) in [5.41, 5.74) is 10.9. The second kappa shape index (κ2) is 5.57. The van der Waals surface area contributed by atoms with Crippen LogP contribution >= 0.6 is 0 Å². The van der Waals surface area contributed by atoms with Crippen molar-refractivity contribution < 1.29 is 0 Å². The largest absolute Gasteiger partial charge is 0.0617 e. The molecule has 0 aliphatic heterocycles. The lowest BCUT2D eigenvalue weighted by atomic mass is 9.73. The first-order valence-electron chi connectivity index (χ1n) is 9.71. The molecule has 0 radical (unpaired) electrons. The third-order valence-corrected chi connectivity index (χ3v) is 6.37. The fraction of sp³-hybridized carbons (Fsp3) is 0.185. The number of benzene rings is 4. The van der Waals surface area contributed by atoms with E-state index in [-0.39, 0.29) is 5.41 Å². The van der Waals surface area contributed by atoms with Crippen LogP contribution in [0.5, 0.6) is 0 Å². The fourth-order valence-corrected chi connectivity index (χ4v) is 4.94. The van der Waals surface area contributed by atoms with Crippen LogP contribution < -0.4 is 0 Å². The Labute approximate surface area is 161 Å². The number of hydrogen-bond donors (Lipinski definition) is 0. The van der Waals surface area contributed by atoms with Crippen molar-refractivity contribution >= 4 is 10.8 Å². The highest BCUT2D eigenvalue weighted by atomic mass is 14.4. The first kappa shape index (κ1) is 16.3. The molecule has 0 fully saturated rings. The van der Waals surface area contributed by atoms with Crippen molar-refractivity contribution in [3.8, 4) is 11.1 Å². The molecule has 1 aliphatic carbocycles. The minimum absolute atomic E-state index is 0.127. The minimum Gasteiger partial charge on any atom is -0.0617 e. The van der Waals surface area contributed by atoms with Gasteiger partial charge in [0, 0.05) is 5.41 Å². The van der Waals surface area contributed by atoms with Gasteiger partial charge >= 0.3 is 0 Å². The third-order valence-electron chi connectivity index (χ3n) is 6.37. The Balaban J connectivity index is 1.97. The summed E-state index contributed by atoms with van der Waals surface area (Å²) in [4.78, 5) is 0. The maximum atomic E-state index is 2.43. The second-order valence-electron chi connectivity index (χ2n) is 8.21. The Kier molecular flexibility index (Phi) is 3.37. The average Bonchev–Trinajstić information content (AvgIpc) is 2.92. The van der Waals surface area contributed by atoms with Gasteiger partial charge in [-0.15, -0.1) is 0 Å². The lowest BCUT2D eigenvalue weighted by Gasteiger charge is -2.29. The molecule has 0 aromatic heterocycles. The van der Waals surface area contributed by atoms with Gasteiger partial charge in [0.05, 0.1) is 0 Å². The van der Waals surface area contributed by atoms with Gasteiger partial charge in [-0.2, -0.15) is 0 Å². The van der Waals surface area contributed by atoms with Crippen LogP contribution in [-0.4, -0.2) is 0 Å². The molecule has 0 saturated heterocycles. The molecule has 1 atom stereocenters. The standard InChI is InChI=1S/C27H24/c1-17-8-7-9-20(14-17)27(4)24-15-18(2)12-13-23(24)26-22-11-6-5-10-21(22)19(3)16-25(26)27/h5-16H,1-4H3. The van der Waals surface area contributed by atoms with E-state index < -0.39 is 0 Å². The van der Waals surface area contributed by atoms with Gasteiger partial charge in [0.2, 0.25) is 0 Å². The van der Waals surface area contributed by atoms with Crippen molar-refractivity contribution in [3.05, 3.63) is 106 Å². The molecule has 1 aliphatic rings. The van der Waals surface area contributed by atoms with Crippen molar-refractivity contribution in [1.82, 2.24) is 0 Å². The Morgan fingerprint density at radius 2 is 1.37 bits per heavy atom. The van der Waals surface area contributed by atoms with Gasteiger partial charge < -0.3 is 0 Å². The molecule has 0 bridgehead atoms. The number of aryl methyl sites for hydroxylation is 3. The molecular weight excluding hydrogens is 324 g/mol. The maximum absolute atomic E-state index is 2.43. The highest BCUT2D eigenvalue weighted by Crippen LogP contribution is 2.55. The van der Waals surface area contributed by atoms with E-state index in [9.17, 15) is 0 Å². The molecule has 0 spiro atoms. The van der Waals surface area contributed by atoms with E-state index >= 15 is 0 Å². The van der Waals surface area contributed by atoms with Gasteiger partial charge in [0.15, 0.2) is 0 Å². The van der Waals surface area contributed by atoms with Crippen LogP contribution in [0.3, 0.4) is 0 Å². The molecule has 0 nitrogen and oxygen atoms in total. The molecule has 0 saturated carbocycles. The molecule has 0 amide bonds. The van der Waals surface area contributed by atoms with E-state index in [1.165, 1.54) is 55.3 Å². The third kappa shape index (κ3) is 2.16. The van der Waals surface area contributed by atoms with Crippen LogP contribution in [-0.2, 0) is 5.41 Å². The van der Waals surface area contributed by atoms with Gasteiger partial charge in [-0.1, -0.05) is 83.9 Å². The van der Waals surface area contributed by atoms with Gasteiger partial charge in [0.1, 0.15) is 0 Å². The topological polar surface area (TPSA) is 0 Å². The van der Waals surface area contributed by atoms with E-state index in [1.54, 1.807) is 0 Å². The summed E-state index contributed by atoms with van der Waals surface area (Å²) in [5.74, 6) is 0. The quantitative estimate of drug-likeness (QED) is 0.344. The lowest BCUT2D eigenvalue weighted by Crippen LogP contribution is -2.22. The van der Waals surface area contributed by atoms with Gasteiger partial charge in [-0.3, -0.25) is 0 Å². The highest BCUT2D eigenvalue weighted by Gasteiger charge is 2.41. The van der Waals surface area contributed by atoms with Crippen LogP contribution in [0.1, 0.15) is 40.3 Å². The Morgan fingerprint density at radius 1 is 0.630 bits per heavy atom. The molecule has 4 aromatic rings. The van der Waals surface area contributed by atoms with E-state index in [2.05, 4.69) is 100 Å². The van der Waals surface area contributed by atoms with Crippen molar-refractivity contribution in [2.45, 2.75) is 33.1 Å². The summed E-state index contributed by atoms with van der Waals surface area (Å²) in [6.07, 6.45) is 0. The summed E-state index contributed by atoms with van der Waals surface area (Å²) in [5, 5.41) is 2.73. The van der Waals surface area contributed by atoms with Crippen LogP contribution in [0, 0.1) is 20.8 Å². The van der Waals surface area contributed by atoms with E-state index in [1.807, 2.05) is 0 Å². The van der Waals surface area contributed by atoms with Gasteiger partial charge in [-0.05, 0) is 71.8 Å². The van der Waals surface area contributed by atoms with Crippen LogP contribution in [0.15, 0.2) is 72.8 Å². The summed E-state index contributed by atoms with van der Waals surface area (Å²) in [6, 6.07) is 27.3. The molecule has 27 heavy (non-hydrogen) atoms. The SMILES string of the molecule is Cc1cccc(C2(C)c3cc(C)ccc3-c3c2cc(C)c2ccccc32)c1. The average molecular weight is 348 g/mol. The molecule has 132 valence electrons. The molecular formula is C27H24. The Morgan fingerprint density at radius 3 is 2.15 bits per heavy atom. The summed E-state index contributed by atoms with van der Waals surface area (Å²) < 4.78 is 0. The normalized spacial score (nSPS) is 17.8. The predicted molar refractivity (Wildman–Crippen MR) is 116 cm³/mol. The van der Waals surface area contributed by atoms with Crippen molar-refractivity contribution in [2.75, 3.05) is 0 Å². The molecule has 0 heterocycles. The number of hydrogen-bond acceptors (Lipinski definition) is 0. The highest BCUT2D eigenvalue weighted by molar-refractivity contribution is 6.04. The van der Waals surface area contributed by atoms with Crippen LogP contribution in [0.25, 0.3) is 21.9 Å². The van der Waals surface area contributed by atoms with Crippen molar-refractivity contribution in [2.24, 2.45) is 0 Å². The number of rotatable bonds is 1. The minimum atomic E-state index is -0.127. The Bertz CT molecular complexity index is 1210. The summed E-state index contributed by atoms with van der Waals surface area (Å²) >= 11 is 0. The predicted octanol–water partition coefficient (Wildman–Crippen LogP) is 7.10. The monoisotopic (exact) mass is 348 g/mol. The molecule has 0 N–H and O–H groups in total. The van der Waals surface area contributed by atoms with Crippen LogP contribution in [0.4, 0.5) is 0 Å². The maximum Gasteiger partial charge on any atom is 0.0436 e. The summed E-state index contributed by atoms with van der Waals surface area (Å²) in [7, 11) is 0. The second-order valence-corrected chi connectivity index (χ2v) is 8.21. The van der Waals surface area contributed by atoms with Crippen molar-refractivity contribution in [3.63, 3.8) is 0 Å². The first-order chi connectivity index (χ1) is 13.0. The first-order valence-corrected chi connectivity index (χ1v) is 9.71. The Hall–Kier alpha value is -2.86. The number of fused-ring (bicyclic) bond motifs is 5. The fourth-order valence-electron chi connectivity index (χ4n) is 4.94. The lowest BCUT2D eigenvalue weighted by molar-refractivity contribution is 0.712. The zero-order chi connectivity index (χ0) is 18.8. The summed E-state index contributed by atoms with van der Waals surface area (Å²) in [6.45, 7) is 9.03. The van der Waals surface area contributed by atoms with E-state index in [0.29, 0.717) is 0 Å². The van der Waals surface area contributed by atoms with Crippen LogP contribution in [0.2, 0.25) is 0 Å². The van der Waals surface area contributed by atoms with E-state index in [0.717, 1.165) is 0 Å². The smallest absolute Gasteiger partial charge is 0.0436 e. The van der Waals surface area contributed by atoms with E-state index in [4.69, 9.17) is 0 Å². The van der Waals surface area contributed by atoms with Gasteiger partial charge in [0.25, 0.3) is 0 Å². The molecule has 1 unspecified atom stereocenters. The molecule has 5 rings (SSSR count). The molecule has 4 aromatic carbocycles. The zero-order valence-corrected chi connectivity index (χ0v) is 16.4. The molecule has 0 heteroatoms.